The number of halogens is 1. The summed E-state index contributed by atoms with van der Waals surface area (Å²) in [6.45, 7) is 7.12. The number of rotatable bonds is 5. The highest BCUT2D eigenvalue weighted by Gasteiger charge is 2.05. The van der Waals surface area contributed by atoms with Crippen molar-refractivity contribution in [3.63, 3.8) is 0 Å². The first kappa shape index (κ1) is 15.3. The van der Waals surface area contributed by atoms with Gasteiger partial charge in [-0.1, -0.05) is 13.8 Å². The molecule has 3 nitrogen and oxygen atoms in total. The molecule has 0 spiro atoms. The molecule has 0 aliphatic carbocycles. The lowest BCUT2D eigenvalue weighted by Gasteiger charge is -2.11. The zero-order chi connectivity index (χ0) is 14.5. The molecule has 0 bridgehead atoms. The fraction of sp³-hybridized carbons (Fsp3) is 0.312. The SMILES string of the molecule is Cc1cc(CNC(C)C)cnc1Oc1ccc(I)cc1. The van der Waals surface area contributed by atoms with Gasteiger partial charge in [0.15, 0.2) is 0 Å². The maximum Gasteiger partial charge on any atom is 0.222 e. The number of benzene rings is 1. The standard InChI is InChI=1S/C16H19IN2O/c1-11(2)18-9-13-8-12(3)16(19-10-13)20-15-6-4-14(17)5-7-15/h4-8,10-11,18H,9H2,1-3H3. The summed E-state index contributed by atoms with van der Waals surface area (Å²) in [4.78, 5) is 4.41. The summed E-state index contributed by atoms with van der Waals surface area (Å²) in [6.07, 6.45) is 1.87. The van der Waals surface area contributed by atoms with E-state index in [4.69, 9.17) is 4.74 Å². The summed E-state index contributed by atoms with van der Waals surface area (Å²) in [5, 5.41) is 3.38. The van der Waals surface area contributed by atoms with Gasteiger partial charge in [-0.3, -0.25) is 0 Å². The second-order valence-corrected chi connectivity index (χ2v) is 6.30. The first-order valence-electron chi connectivity index (χ1n) is 6.67. The van der Waals surface area contributed by atoms with Gasteiger partial charge in [-0.2, -0.15) is 0 Å². The van der Waals surface area contributed by atoms with E-state index in [0.29, 0.717) is 11.9 Å². The van der Waals surface area contributed by atoms with Gasteiger partial charge in [0.1, 0.15) is 5.75 Å². The van der Waals surface area contributed by atoms with Crippen LogP contribution in [0.3, 0.4) is 0 Å². The molecule has 2 rings (SSSR count). The average molecular weight is 382 g/mol. The van der Waals surface area contributed by atoms with Crippen LogP contribution < -0.4 is 10.1 Å². The van der Waals surface area contributed by atoms with Crippen molar-refractivity contribution in [2.75, 3.05) is 0 Å². The first-order valence-corrected chi connectivity index (χ1v) is 7.75. The number of nitrogens with zero attached hydrogens (tertiary/aromatic N) is 1. The predicted octanol–water partition coefficient (Wildman–Crippen LogP) is 4.28. The third-order valence-electron chi connectivity index (χ3n) is 2.83. The maximum atomic E-state index is 5.81. The average Bonchev–Trinajstić information content (AvgIpc) is 2.41. The Morgan fingerprint density at radius 2 is 1.95 bits per heavy atom. The van der Waals surface area contributed by atoms with Crippen LogP contribution in [0, 0.1) is 10.5 Å². The molecule has 0 atom stereocenters. The molecule has 1 N–H and O–H groups in total. The van der Waals surface area contributed by atoms with E-state index in [1.54, 1.807) is 0 Å². The van der Waals surface area contributed by atoms with Gasteiger partial charge in [-0.15, -0.1) is 0 Å². The zero-order valence-corrected chi connectivity index (χ0v) is 14.1. The Kier molecular flexibility index (Phi) is 5.37. The quantitative estimate of drug-likeness (QED) is 0.784. The van der Waals surface area contributed by atoms with Crippen LogP contribution >= 0.6 is 22.6 Å². The molecular weight excluding hydrogens is 363 g/mol. The minimum atomic E-state index is 0.470. The minimum Gasteiger partial charge on any atom is -0.439 e. The molecule has 0 saturated heterocycles. The minimum absolute atomic E-state index is 0.470. The Hall–Kier alpha value is -1.14. The monoisotopic (exact) mass is 382 g/mol. The summed E-state index contributed by atoms with van der Waals surface area (Å²) in [5.41, 5.74) is 2.22. The second-order valence-electron chi connectivity index (χ2n) is 5.06. The van der Waals surface area contributed by atoms with Crippen molar-refractivity contribution in [1.29, 1.82) is 0 Å². The molecule has 2 aromatic rings. The molecule has 0 fully saturated rings. The number of hydrogen-bond donors (Lipinski definition) is 1. The van der Waals surface area contributed by atoms with Crippen molar-refractivity contribution in [2.45, 2.75) is 33.4 Å². The van der Waals surface area contributed by atoms with E-state index in [1.165, 1.54) is 9.13 Å². The Bertz CT molecular complexity index is 567. The summed E-state index contributed by atoms with van der Waals surface area (Å²) in [7, 11) is 0. The number of hydrogen-bond acceptors (Lipinski definition) is 3. The number of aryl methyl sites for hydroxylation is 1. The first-order chi connectivity index (χ1) is 9.54. The molecular formula is C16H19IN2O. The lowest BCUT2D eigenvalue weighted by Crippen LogP contribution is -2.21. The van der Waals surface area contributed by atoms with Crippen LogP contribution in [0.5, 0.6) is 11.6 Å². The molecule has 1 heterocycles. The Labute approximate surface area is 133 Å². The van der Waals surface area contributed by atoms with Gasteiger partial charge in [0.05, 0.1) is 0 Å². The number of nitrogens with one attached hydrogen (secondary N) is 1. The van der Waals surface area contributed by atoms with Crippen molar-refractivity contribution in [3.8, 4) is 11.6 Å². The van der Waals surface area contributed by atoms with Gasteiger partial charge in [0.25, 0.3) is 0 Å². The third kappa shape index (κ3) is 4.45. The normalized spacial score (nSPS) is 10.8. The van der Waals surface area contributed by atoms with Crippen LogP contribution in [-0.4, -0.2) is 11.0 Å². The van der Waals surface area contributed by atoms with E-state index >= 15 is 0 Å². The fourth-order valence-corrected chi connectivity index (χ4v) is 2.12. The van der Waals surface area contributed by atoms with E-state index in [9.17, 15) is 0 Å². The molecule has 1 aromatic heterocycles. The van der Waals surface area contributed by atoms with Crippen LogP contribution in [-0.2, 0) is 6.54 Å². The highest BCUT2D eigenvalue weighted by Crippen LogP contribution is 2.23. The van der Waals surface area contributed by atoms with Crippen molar-refractivity contribution in [3.05, 3.63) is 51.2 Å². The van der Waals surface area contributed by atoms with Crippen LogP contribution in [0.4, 0.5) is 0 Å². The summed E-state index contributed by atoms with van der Waals surface area (Å²) in [5.74, 6) is 1.48. The molecule has 106 valence electrons. The van der Waals surface area contributed by atoms with Gasteiger partial charge < -0.3 is 10.1 Å². The van der Waals surface area contributed by atoms with E-state index in [-0.39, 0.29) is 0 Å². The van der Waals surface area contributed by atoms with E-state index in [2.05, 4.69) is 52.8 Å². The Morgan fingerprint density at radius 1 is 1.25 bits per heavy atom. The molecule has 0 aliphatic rings. The van der Waals surface area contributed by atoms with Gasteiger partial charge in [0, 0.05) is 27.9 Å². The van der Waals surface area contributed by atoms with Gasteiger partial charge >= 0.3 is 0 Å². The summed E-state index contributed by atoms with van der Waals surface area (Å²) < 4.78 is 7.00. The Morgan fingerprint density at radius 3 is 2.55 bits per heavy atom. The van der Waals surface area contributed by atoms with E-state index < -0.39 is 0 Å². The molecule has 0 amide bonds. The molecule has 0 aliphatic heterocycles. The summed E-state index contributed by atoms with van der Waals surface area (Å²) in [6, 6.07) is 10.5. The summed E-state index contributed by atoms with van der Waals surface area (Å²) >= 11 is 2.27. The number of ether oxygens (including phenoxy) is 1. The maximum absolute atomic E-state index is 5.81. The van der Waals surface area contributed by atoms with Crippen molar-refractivity contribution >= 4 is 22.6 Å². The fourth-order valence-electron chi connectivity index (χ4n) is 1.76. The van der Waals surface area contributed by atoms with E-state index in [1.807, 2.05) is 37.4 Å². The van der Waals surface area contributed by atoms with Gasteiger partial charge in [-0.25, -0.2) is 4.98 Å². The molecule has 0 unspecified atom stereocenters. The van der Waals surface area contributed by atoms with Gasteiger partial charge in [-0.05, 0) is 65.4 Å². The molecule has 1 aromatic carbocycles. The number of aromatic nitrogens is 1. The van der Waals surface area contributed by atoms with Crippen molar-refractivity contribution < 1.29 is 4.74 Å². The van der Waals surface area contributed by atoms with Crippen molar-refractivity contribution in [2.24, 2.45) is 0 Å². The molecule has 0 saturated carbocycles. The smallest absolute Gasteiger partial charge is 0.222 e. The van der Waals surface area contributed by atoms with Crippen molar-refractivity contribution in [1.82, 2.24) is 10.3 Å². The largest absolute Gasteiger partial charge is 0.439 e. The zero-order valence-electron chi connectivity index (χ0n) is 12.0. The highest BCUT2D eigenvalue weighted by molar-refractivity contribution is 14.1. The molecule has 0 radical (unpaired) electrons. The third-order valence-corrected chi connectivity index (χ3v) is 3.55. The number of pyridine rings is 1. The topological polar surface area (TPSA) is 34.2 Å². The van der Waals surface area contributed by atoms with Crippen LogP contribution in [0.15, 0.2) is 36.5 Å². The van der Waals surface area contributed by atoms with Crippen LogP contribution in [0.2, 0.25) is 0 Å². The van der Waals surface area contributed by atoms with Crippen LogP contribution in [0.1, 0.15) is 25.0 Å². The second kappa shape index (κ2) is 7.04. The predicted molar refractivity (Wildman–Crippen MR) is 90.2 cm³/mol. The lowest BCUT2D eigenvalue weighted by molar-refractivity contribution is 0.458. The van der Waals surface area contributed by atoms with Crippen LogP contribution in [0.25, 0.3) is 0 Å². The molecule has 20 heavy (non-hydrogen) atoms. The van der Waals surface area contributed by atoms with E-state index in [0.717, 1.165) is 17.9 Å². The Balaban J connectivity index is 2.07. The van der Waals surface area contributed by atoms with Gasteiger partial charge in [0.2, 0.25) is 5.88 Å². The highest BCUT2D eigenvalue weighted by atomic mass is 127. The molecule has 4 heteroatoms. The lowest BCUT2D eigenvalue weighted by atomic mass is 10.2.